The highest BCUT2D eigenvalue weighted by Gasteiger charge is 2.05. The SMILES string of the molecule is CC(C)O/N=C/C1=CCCN(C)C1.Cl. The van der Waals surface area contributed by atoms with Crippen molar-refractivity contribution in [1.29, 1.82) is 0 Å². The highest BCUT2D eigenvalue weighted by molar-refractivity contribution is 5.85. The van der Waals surface area contributed by atoms with E-state index in [1.54, 1.807) is 0 Å². The lowest BCUT2D eigenvalue weighted by molar-refractivity contribution is 0.0872. The molecule has 0 radical (unpaired) electrons. The van der Waals surface area contributed by atoms with Crippen molar-refractivity contribution in [2.45, 2.75) is 26.4 Å². The van der Waals surface area contributed by atoms with Crippen LogP contribution in [-0.4, -0.2) is 37.4 Å². The van der Waals surface area contributed by atoms with Crippen LogP contribution in [0.3, 0.4) is 0 Å². The van der Waals surface area contributed by atoms with Crippen molar-refractivity contribution in [3.8, 4) is 0 Å². The molecule has 0 bridgehead atoms. The number of likely N-dealkylation sites (N-methyl/N-ethyl adjacent to an activating group) is 1. The maximum absolute atomic E-state index is 5.09. The van der Waals surface area contributed by atoms with Crippen LogP contribution in [-0.2, 0) is 4.84 Å². The molecule has 0 aromatic rings. The van der Waals surface area contributed by atoms with E-state index in [9.17, 15) is 0 Å². The highest BCUT2D eigenvalue weighted by atomic mass is 35.5. The lowest BCUT2D eigenvalue weighted by Crippen LogP contribution is -2.26. The van der Waals surface area contributed by atoms with Gasteiger partial charge in [0.2, 0.25) is 0 Å². The molecule has 0 atom stereocenters. The Morgan fingerprint density at radius 3 is 2.86 bits per heavy atom. The number of hydrogen-bond acceptors (Lipinski definition) is 3. The summed E-state index contributed by atoms with van der Waals surface area (Å²) in [4.78, 5) is 7.36. The van der Waals surface area contributed by atoms with Crippen LogP contribution >= 0.6 is 12.4 Å². The van der Waals surface area contributed by atoms with E-state index in [0.717, 1.165) is 19.5 Å². The Bertz CT molecular complexity index is 214. The summed E-state index contributed by atoms with van der Waals surface area (Å²) in [6.45, 7) is 6.06. The maximum Gasteiger partial charge on any atom is 0.122 e. The van der Waals surface area contributed by atoms with Crippen LogP contribution in [0.4, 0.5) is 0 Å². The van der Waals surface area contributed by atoms with E-state index in [2.05, 4.69) is 23.2 Å². The second-order valence-corrected chi connectivity index (χ2v) is 3.69. The van der Waals surface area contributed by atoms with Crippen molar-refractivity contribution < 1.29 is 4.84 Å². The molecule has 0 aliphatic carbocycles. The molecule has 14 heavy (non-hydrogen) atoms. The fraction of sp³-hybridized carbons (Fsp3) is 0.700. The first-order valence-corrected chi connectivity index (χ1v) is 4.75. The zero-order chi connectivity index (χ0) is 9.68. The molecule has 0 saturated carbocycles. The van der Waals surface area contributed by atoms with Crippen LogP contribution in [0.15, 0.2) is 16.8 Å². The third-order valence-electron chi connectivity index (χ3n) is 1.86. The minimum atomic E-state index is 0. The predicted octanol–water partition coefficient (Wildman–Crippen LogP) is 2.08. The van der Waals surface area contributed by atoms with Gasteiger partial charge in [0.15, 0.2) is 0 Å². The van der Waals surface area contributed by atoms with E-state index in [0.29, 0.717) is 0 Å². The molecule has 0 unspecified atom stereocenters. The lowest BCUT2D eigenvalue weighted by atomic mass is 10.1. The summed E-state index contributed by atoms with van der Waals surface area (Å²) in [5.41, 5.74) is 1.24. The Morgan fingerprint density at radius 2 is 2.29 bits per heavy atom. The van der Waals surface area contributed by atoms with Gasteiger partial charge in [-0.2, -0.15) is 0 Å². The minimum Gasteiger partial charge on any atom is -0.393 e. The highest BCUT2D eigenvalue weighted by Crippen LogP contribution is 2.05. The van der Waals surface area contributed by atoms with E-state index in [4.69, 9.17) is 4.84 Å². The molecular formula is C10H19ClN2O. The minimum absolute atomic E-state index is 0. The molecule has 4 heteroatoms. The Labute approximate surface area is 92.2 Å². The third-order valence-corrected chi connectivity index (χ3v) is 1.86. The first kappa shape index (κ1) is 13.5. The number of hydrogen-bond donors (Lipinski definition) is 0. The van der Waals surface area contributed by atoms with Crippen molar-refractivity contribution in [3.05, 3.63) is 11.6 Å². The molecule has 1 aliphatic heterocycles. The van der Waals surface area contributed by atoms with Crippen LogP contribution in [0.2, 0.25) is 0 Å². The average molecular weight is 219 g/mol. The van der Waals surface area contributed by atoms with Crippen molar-refractivity contribution in [1.82, 2.24) is 4.90 Å². The van der Waals surface area contributed by atoms with Gasteiger partial charge in [0, 0.05) is 13.1 Å². The molecule has 0 saturated heterocycles. The zero-order valence-electron chi connectivity index (χ0n) is 9.06. The molecule has 3 nitrogen and oxygen atoms in total. The average Bonchev–Trinajstić information content (AvgIpc) is 2.03. The fourth-order valence-electron chi connectivity index (χ4n) is 1.24. The van der Waals surface area contributed by atoms with Crippen LogP contribution < -0.4 is 0 Å². The summed E-state index contributed by atoms with van der Waals surface area (Å²) in [7, 11) is 2.12. The molecule has 82 valence electrons. The van der Waals surface area contributed by atoms with E-state index < -0.39 is 0 Å². The Balaban J connectivity index is 0.00000169. The first-order valence-electron chi connectivity index (χ1n) is 4.75. The molecule has 0 amide bonds. The van der Waals surface area contributed by atoms with Crippen LogP contribution in [0.25, 0.3) is 0 Å². The predicted molar refractivity (Wildman–Crippen MR) is 62.2 cm³/mol. The summed E-state index contributed by atoms with van der Waals surface area (Å²) in [6, 6.07) is 0. The van der Waals surface area contributed by atoms with E-state index in [1.165, 1.54) is 5.57 Å². The number of rotatable bonds is 3. The van der Waals surface area contributed by atoms with Gasteiger partial charge < -0.3 is 9.74 Å². The van der Waals surface area contributed by atoms with Gasteiger partial charge in [-0.05, 0) is 32.9 Å². The van der Waals surface area contributed by atoms with Gasteiger partial charge in [-0.25, -0.2) is 0 Å². The summed E-state index contributed by atoms with van der Waals surface area (Å²) in [5.74, 6) is 0. The molecule has 1 heterocycles. The Hall–Kier alpha value is -0.540. The topological polar surface area (TPSA) is 24.8 Å². The summed E-state index contributed by atoms with van der Waals surface area (Å²) < 4.78 is 0. The summed E-state index contributed by atoms with van der Waals surface area (Å²) >= 11 is 0. The van der Waals surface area contributed by atoms with Gasteiger partial charge in [0.05, 0.1) is 6.21 Å². The second-order valence-electron chi connectivity index (χ2n) is 3.69. The molecule has 0 aromatic heterocycles. The van der Waals surface area contributed by atoms with Gasteiger partial charge >= 0.3 is 0 Å². The van der Waals surface area contributed by atoms with E-state index in [1.807, 2.05) is 20.1 Å². The smallest absolute Gasteiger partial charge is 0.122 e. The number of nitrogens with zero attached hydrogens (tertiary/aromatic N) is 2. The zero-order valence-corrected chi connectivity index (χ0v) is 9.88. The van der Waals surface area contributed by atoms with Gasteiger partial charge in [0.25, 0.3) is 0 Å². The molecule has 0 aromatic carbocycles. The molecular weight excluding hydrogens is 200 g/mol. The number of oxime groups is 1. The Morgan fingerprint density at radius 1 is 1.57 bits per heavy atom. The maximum atomic E-state index is 5.09. The second kappa shape index (κ2) is 6.85. The normalized spacial score (nSPS) is 18.1. The standard InChI is InChI=1S/C10H18N2O.ClH/c1-9(2)13-11-7-10-5-4-6-12(3)8-10;/h5,7,9H,4,6,8H2,1-3H3;1H/b11-7+;. The first-order chi connectivity index (χ1) is 6.18. The number of halogens is 1. The molecule has 0 spiro atoms. The van der Waals surface area contributed by atoms with Gasteiger partial charge in [0.1, 0.15) is 6.10 Å². The largest absolute Gasteiger partial charge is 0.393 e. The fourth-order valence-corrected chi connectivity index (χ4v) is 1.24. The molecule has 1 rings (SSSR count). The summed E-state index contributed by atoms with van der Waals surface area (Å²) in [6.07, 6.45) is 5.31. The quantitative estimate of drug-likeness (QED) is 0.535. The van der Waals surface area contributed by atoms with E-state index >= 15 is 0 Å². The van der Waals surface area contributed by atoms with Gasteiger partial charge in [-0.3, -0.25) is 0 Å². The third kappa shape index (κ3) is 5.25. The van der Waals surface area contributed by atoms with Crippen molar-refractivity contribution in [3.63, 3.8) is 0 Å². The molecule has 0 fully saturated rings. The van der Waals surface area contributed by atoms with Crippen molar-refractivity contribution in [2.75, 3.05) is 20.1 Å². The molecule has 0 N–H and O–H groups in total. The van der Waals surface area contributed by atoms with E-state index in [-0.39, 0.29) is 18.5 Å². The van der Waals surface area contributed by atoms with Crippen LogP contribution in [0.1, 0.15) is 20.3 Å². The molecule has 1 aliphatic rings. The van der Waals surface area contributed by atoms with Crippen molar-refractivity contribution in [2.24, 2.45) is 5.16 Å². The Kier molecular flexibility index (Phi) is 6.58. The monoisotopic (exact) mass is 218 g/mol. The summed E-state index contributed by atoms with van der Waals surface area (Å²) in [5, 5.41) is 3.91. The van der Waals surface area contributed by atoms with Crippen LogP contribution in [0, 0.1) is 0 Å². The lowest BCUT2D eigenvalue weighted by Gasteiger charge is -2.20. The van der Waals surface area contributed by atoms with Crippen LogP contribution in [0.5, 0.6) is 0 Å². The van der Waals surface area contributed by atoms with Gasteiger partial charge in [-0.1, -0.05) is 11.2 Å². The van der Waals surface area contributed by atoms with Crippen molar-refractivity contribution >= 4 is 18.6 Å². The van der Waals surface area contributed by atoms with Gasteiger partial charge in [-0.15, -0.1) is 12.4 Å².